The summed E-state index contributed by atoms with van der Waals surface area (Å²) in [5.74, 6) is -1.73. The predicted molar refractivity (Wildman–Crippen MR) is 162 cm³/mol. The minimum absolute atomic E-state index is 0.219. The van der Waals surface area contributed by atoms with E-state index in [-0.39, 0.29) is 23.6 Å². The number of nitrogens with two attached hydrogens (primary N) is 1. The first-order valence-electron chi connectivity index (χ1n) is 13.6. The van der Waals surface area contributed by atoms with Crippen molar-refractivity contribution in [2.24, 2.45) is 0 Å². The van der Waals surface area contributed by atoms with Crippen LogP contribution in [0, 0.1) is 0 Å². The molecule has 1 saturated heterocycles. The molecule has 0 saturated carbocycles. The lowest BCUT2D eigenvalue weighted by molar-refractivity contribution is -0.0604. The number of carbonyl (C=O) groups excluding carboxylic acids is 3. The Labute approximate surface area is 259 Å². The van der Waals surface area contributed by atoms with Crippen molar-refractivity contribution < 1.29 is 33.3 Å². The van der Waals surface area contributed by atoms with Crippen LogP contribution in [0.1, 0.15) is 37.3 Å². The van der Waals surface area contributed by atoms with Crippen LogP contribution in [0.4, 0.5) is 5.82 Å². The Morgan fingerprint density at radius 3 is 1.86 bits per heavy atom. The lowest BCUT2D eigenvalue weighted by atomic mass is 10.1. The minimum atomic E-state index is -1.20. The average Bonchev–Trinajstić information content (AvgIpc) is 3.57. The Morgan fingerprint density at radius 1 is 0.773 bits per heavy atom. The number of hydrogen-bond acceptors (Lipinski definition) is 10. The zero-order valence-electron chi connectivity index (χ0n) is 23.0. The molecular formula is C32H25BrN4O7. The molecule has 6 rings (SSSR count). The molecule has 1 fully saturated rings. The summed E-state index contributed by atoms with van der Waals surface area (Å²) in [5.41, 5.74) is 7.40. The van der Waals surface area contributed by atoms with Crippen LogP contribution in [0.15, 0.2) is 108 Å². The topological polar surface area (TPSA) is 145 Å². The number of benzene rings is 3. The van der Waals surface area contributed by atoms with Crippen LogP contribution in [-0.4, -0.2) is 57.4 Å². The molecule has 1 aliphatic rings. The van der Waals surface area contributed by atoms with Gasteiger partial charge in [-0.2, -0.15) is 0 Å². The number of esters is 3. The molecule has 2 aromatic heterocycles. The number of carbonyl (C=O) groups is 3. The SMILES string of the molecule is Nc1ncnc2c1c(Br)cn2[C@@H]1O[C@H](COC(=O)c2ccccc2)[C@@H](OC(=O)c2ccccc2)[C@H]1OC(=O)c1ccccc1. The Bertz CT molecular complexity index is 1800. The van der Waals surface area contributed by atoms with E-state index in [2.05, 4.69) is 25.9 Å². The van der Waals surface area contributed by atoms with Gasteiger partial charge in [0.2, 0.25) is 0 Å². The molecule has 0 bridgehead atoms. The van der Waals surface area contributed by atoms with Gasteiger partial charge < -0.3 is 29.2 Å². The highest BCUT2D eigenvalue weighted by Gasteiger charge is 2.52. The third-order valence-electron chi connectivity index (χ3n) is 7.05. The standard InChI is InChI=1S/C32H25BrN4O7/c33-22-16-37(28-24(22)27(34)35-18-36-28)29-26(44-32(40)21-14-8-3-9-15-21)25(43-31(39)20-12-6-2-7-13-20)23(42-29)17-41-30(38)19-10-4-1-5-11-19/h1-16,18,23,25-26,29H,17H2,(H2,34,35,36)/t23-,25-,26-,29-/m1/s1. The third kappa shape index (κ3) is 5.90. The second-order valence-corrected chi connectivity index (χ2v) is 10.7. The molecule has 2 N–H and O–H groups in total. The molecule has 11 nitrogen and oxygen atoms in total. The van der Waals surface area contributed by atoms with Gasteiger partial charge in [0.15, 0.2) is 18.4 Å². The van der Waals surface area contributed by atoms with Crippen molar-refractivity contribution in [3.63, 3.8) is 0 Å². The van der Waals surface area contributed by atoms with Gasteiger partial charge in [-0.15, -0.1) is 0 Å². The lowest BCUT2D eigenvalue weighted by Gasteiger charge is -2.25. The van der Waals surface area contributed by atoms with Gasteiger partial charge in [-0.3, -0.25) is 0 Å². The maximum Gasteiger partial charge on any atom is 0.338 e. The molecular weight excluding hydrogens is 632 g/mol. The fourth-order valence-corrected chi connectivity index (χ4v) is 5.54. The number of aromatic nitrogens is 3. The van der Waals surface area contributed by atoms with Crippen LogP contribution in [0.2, 0.25) is 0 Å². The first-order chi connectivity index (χ1) is 21.4. The highest BCUT2D eigenvalue weighted by Crippen LogP contribution is 2.39. The van der Waals surface area contributed by atoms with E-state index >= 15 is 0 Å². The number of rotatable bonds is 8. The number of nitrogens with zero attached hydrogens (tertiary/aromatic N) is 3. The number of ether oxygens (including phenoxy) is 4. The highest BCUT2D eigenvalue weighted by molar-refractivity contribution is 9.10. The number of fused-ring (bicyclic) bond motifs is 1. The minimum Gasteiger partial charge on any atom is -0.459 e. The quantitative estimate of drug-likeness (QED) is 0.179. The van der Waals surface area contributed by atoms with Gasteiger partial charge >= 0.3 is 17.9 Å². The number of halogens is 1. The molecule has 5 aromatic rings. The smallest absolute Gasteiger partial charge is 0.338 e. The summed E-state index contributed by atoms with van der Waals surface area (Å²) in [7, 11) is 0. The Balaban J connectivity index is 1.39. The summed E-state index contributed by atoms with van der Waals surface area (Å²) in [6.07, 6.45) is -1.54. The summed E-state index contributed by atoms with van der Waals surface area (Å²) < 4.78 is 26.2. The number of nitrogen functional groups attached to an aromatic ring is 1. The van der Waals surface area contributed by atoms with Gasteiger partial charge in [-0.25, -0.2) is 24.4 Å². The molecule has 4 atom stereocenters. The van der Waals surface area contributed by atoms with Crippen molar-refractivity contribution >= 4 is 50.7 Å². The zero-order valence-corrected chi connectivity index (χ0v) is 24.6. The predicted octanol–water partition coefficient (Wildman–Crippen LogP) is 4.98. The molecule has 0 aliphatic carbocycles. The van der Waals surface area contributed by atoms with E-state index in [1.165, 1.54) is 6.33 Å². The molecule has 12 heteroatoms. The fraction of sp³-hybridized carbons (Fsp3) is 0.156. The second-order valence-electron chi connectivity index (χ2n) is 9.84. The van der Waals surface area contributed by atoms with E-state index in [0.717, 1.165) is 0 Å². The summed E-state index contributed by atoms with van der Waals surface area (Å²) in [5, 5.41) is 0.515. The molecule has 0 unspecified atom stereocenters. The fourth-order valence-electron chi connectivity index (χ4n) is 4.94. The molecule has 0 spiro atoms. The van der Waals surface area contributed by atoms with E-state index in [1.54, 1.807) is 102 Å². The van der Waals surface area contributed by atoms with Crippen molar-refractivity contribution in [1.82, 2.24) is 14.5 Å². The maximum atomic E-state index is 13.4. The summed E-state index contributed by atoms with van der Waals surface area (Å²) >= 11 is 3.50. The van der Waals surface area contributed by atoms with Crippen molar-refractivity contribution in [2.45, 2.75) is 24.5 Å². The molecule has 3 aromatic carbocycles. The van der Waals surface area contributed by atoms with Crippen LogP contribution >= 0.6 is 15.9 Å². The van der Waals surface area contributed by atoms with Crippen molar-refractivity contribution in [3.8, 4) is 0 Å². The number of anilines is 1. The van der Waals surface area contributed by atoms with Gasteiger partial charge in [0.05, 0.1) is 22.1 Å². The van der Waals surface area contributed by atoms with Gasteiger partial charge in [-0.05, 0) is 52.3 Å². The van der Waals surface area contributed by atoms with Gasteiger partial charge in [0, 0.05) is 10.7 Å². The molecule has 3 heterocycles. The molecule has 222 valence electrons. The van der Waals surface area contributed by atoms with Crippen LogP contribution in [0.5, 0.6) is 0 Å². The molecule has 0 radical (unpaired) electrons. The Morgan fingerprint density at radius 2 is 1.30 bits per heavy atom. The van der Waals surface area contributed by atoms with Crippen LogP contribution in [-0.2, 0) is 18.9 Å². The molecule has 0 amide bonds. The monoisotopic (exact) mass is 656 g/mol. The van der Waals surface area contributed by atoms with E-state index < -0.39 is 42.4 Å². The average molecular weight is 657 g/mol. The Hall–Kier alpha value is -5.07. The lowest BCUT2D eigenvalue weighted by Crippen LogP contribution is -2.41. The normalized spacial score (nSPS) is 19.4. The van der Waals surface area contributed by atoms with Gasteiger partial charge in [0.1, 0.15) is 30.5 Å². The maximum absolute atomic E-state index is 13.4. The van der Waals surface area contributed by atoms with Crippen molar-refractivity contribution in [1.29, 1.82) is 0 Å². The van der Waals surface area contributed by atoms with E-state index in [9.17, 15) is 14.4 Å². The molecule has 44 heavy (non-hydrogen) atoms. The molecule has 1 aliphatic heterocycles. The van der Waals surface area contributed by atoms with E-state index in [1.807, 2.05) is 0 Å². The van der Waals surface area contributed by atoms with Gasteiger partial charge in [0.25, 0.3) is 0 Å². The van der Waals surface area contributed by atoms with Crippen LogP contribution < -0.4 is 5.73 Å². The van der Waals surface area contributed by atoms with Gasteiger partial charge in [-0.1, -0.05) is 54.6 Å². The summed E-state index contributed by atoms with van der Waals surface area (Å²) in [4.78, 5) is 48.0. The number of hydrogen-bond donors (Lipinski definition) is 1. The summed E-state index contributed by atoms with van der Waals surface area (Å²) in [6, 6.07) is 25.2. The van der Waals surface area contributed by atoms with Crippen LogP contribution in [0.25, 0.3) is 11.0 Å². The van der Waals surface area contributed by atoms with E-state index in [0.29, 0.717) is 21.1 Å². The van der Waals surface area contributed by atoms with Crippen LogP contribution in [0.3, 0.4) is 0 Å². The van der Waals surface area contributed by atoms with Crippen molar-refractivity contribution in [3.05, 3.63) is 125 Å². The van der Waals surface area contributed by atoms with Crippen molar-refractivity contribution in [2.75, 3.05) is 12.3 Å². The first kappa shape index (κ1) is 29.0. The highest BCUT2D eigenvalue weighted by atomic mass is 79.9. The second kappa shape index (κ2) is 12.7. The van der Waals surface area contributed by atoms with E-state index in [4.69, 9.17) is 24.7 Å². The third-order valence-corrected chi connectivity index (χ3v) is 7.65. The largest absolute Gasteiger partial charge is 0.459 e. The first-order valence-corrected chi connectivity index (χ1v) is 14.4. The summed E-state index contributed by atoms with van der Waals surface area (Å²) in [6.45, 7) is -0.312. The Kier molecular flexibility index (Phi) is 8.35. The zero-order chi connectivity index (χ0) is 30.6.